The monoisotopic (exact) mass is 285 g/mol. The second kappa shape index (κ2) is 7.59. The van der Waals surface area contributed by atoms with Gasteiger partial charge >= 0.3 is 5.97 Å². The SMILES string of the molecule is O=C(CCOCC1CCCO1)NC(CC1CC1)C(=O)O. The van der Waals surface area contributed by atoms with Crippen LogP contribution in [0, 0.1) is 5.92 Å². The molecule has 0 aromatic carbocycles. The number of carbonyl (C=O) groups excluding carboxylic acids is 1. The molecule has 2 rings (SSSR count). The quantitative estimate of drug-likeness (QED) is 0.616. The molecule has 1 aliphatic carbocycles. The van der Waals surface area contributed by atoms with Crippen molar-refractivity contribution >= 4 is 11.9 Å². The minimum absolute atomic E-state index is 0.152. The normalized spacial score (nSPS) is 23.5. The van der Waals surface area contributed by atoms with Gasteiger partial charge in [-0.25, -0.2) is 4.79 Å². The molecule has 0 spiro atoms. The molecule has 114 valence electrons. The first-order valence-electron chi connectivity index (χ1n) is 7.36. The predicted octanol–water partition coefficient (Wildman–Crippen LogP) is 0.942. The van der Waals surface area contributed by atoms with Crippen molar-refractivity contribution in [2.75, 3.05) is 19.8 Å². The van der Waals surface area contributed by atoms with Crippen LogP contribution in [0.4, 0.5) is 0 Å². The fourth-order valence-corrected chi connectivity index (χ4v) is 2.33. The van der Waals surface area contributed by atoms with Gasteiger partial charge in [-0.15, -0.1) is 0 Å². The minimum Gasteiger partial charge on any atom is -0.480 e. The predicted molar refractivity (Wildman–Crippen MR) is 71.3 cm³/mol. The third-order valence-corrected chi connectivity index (χ3v) is 3.70. The van der Waals surface area contributed by atoms with Gasteiger partial charge in [0.2, 0.25) is 5.91 Å². The van der Waals surface area contributed by atoms with Crippen molar-refractivity contribution in [3.05, 3.63) is 0 Å². The summed E-state index contributed by atoms with van der Waals surface area (Å²) < 4.78 is 10.8. The average Bonchev–Trinajstić information content (AvgIpc) is 3.07. The number of rotatable bonds is 9. The summed E-state index contributed by atoms with van der Waals surface area (Å²) in [4.78, 5) is 22.7. The second-order valence-corrected chi connectivity index (χ2v) is 5.60. The topological polar surface area (TPSA) is 84.9 Å². The summed E-state index contributed by atoms with van der Waals surface area (Å²) in [5.41, 5.74) is 0. The molecular formula is C14H23NO5. The van der Waals surface area contributed by atoms with E-state index < -0.39 is 12.0 Å². The van der Waals surface area contributed by atoms with Crippen LogP contribution < -0.4 is 5.32 Å². The molecule has 2 N–H and O–H groups in total. The van der Waals surface area contributed by atoms with E-state index in [1.54, 1.807) is 0 Å². The molecule has 0 aromatic rings. The summed E-state index contributed by atoms with van der Waals surface area (Å²) in [7, 11) is 0. The minimum atomic E-state index is -0.953. The summed E-state index contributed by atoms with van der Waals surface area (Å²) in [5, 5.41) is 11.6. The van der Waals surface area contributed by atoms with Crippen LogP contribution in [-0.2, 0) is 19.1 Å². The summed E-state index contributed by atoms with van der Waals surface area (Å²) in [6.07, 6.45) is 5.11. The van der Waals surface area contributed by atoms with E-state index in [9.17, 15) is 9.59 Å². The Morgan fingerprint density at radius 3 is 2.75 bits per heavy atom. The Hall–Kier alpha value is -1.14. The molecule has 6 nitrogen and oxygen atoms in total. The number of hydrogen-bond donors (Lipinski definition) is 2. The van der Waals surface area contributed by atoms with E-state index in [1.807, 2.05) is 0 Å². The van der Waals surface area contributed by atoms with E-state index in [2.05, 4.69) is 5.32 Å². The fraction of sp³-hybridized carbons (Fsp3) is 0.857. The number of aliphatic carboxylic acids is 1. The van der Waals surface area contributed by atoms with Crippen LogP contribution in [0.5, 0.6) is 0 Å². The van der Waals surface area contributed by atoms with Gasteiger partial charge in [-0.05, 0) is 25.2 Å². The number of hydrogen-bond acceptors (Lipinski definition) is 4. The lowest BCUT2D eigenvalue weighted by Crippen LogP contribution is -2.41. The van der Waals surface area contributed by atoms with Crippen LogP contribution in [0.2, 0.25) is 0 Å². The Kier molecular flexibility index (Phi) is 5.79. The van der Waals surface area contributed by atoms with Crippen molar-refractivity contribution in [2.24, 2.45) is 5.92 Å². The number of carboxylic acid groups (broad SMARTS) is 1. The van der Waals surface area contributed by atoms with E-state index in [0.29, 0.717) is 25.6 Å². The molecule has 0 aromatic heterocycles. The molecule has 1 saturated heterocycles. The Labute approximate surface area is 118 Å². The van der Waals surface area contributed by atoms with Gasteiger partial charge in [0.05, 0.1) is 19.3 Å². The van der Waals surface area contributed by atoms with Gasteiger partial charge in [0.1, 0.15) is 6.04 Å². The molecule has 2 aliphatic rings. The zero-order valence-electron chi connectivity index (χ0n) is 11.7. The highest BCUT2D eigenvalue weighted by molar-refractivity contribution is 5.83. The average molecular weight is 285 g/mol. The number of amides is 1. The van der Waals surface area contributed by atoms with Crippen LogP contribution >= 0.6 is 0 Å². The molecule has 20 heavy (non-hydrogen) atoms. The third kappa shape index (κ3) is 5.46. The summed E-state index contributed by atoms with van der Waals surface area (Å²) in [6, 6.07) is -0.756. The summed E-state index contributed by atoms with van der Waals surface area (Å²) in [6.45, 7) is 1.61. The first kappa shape index (κ1) is 15.3. The van der Waals surface area contributed by atoms with Crippen molar-refractivity contribution in [1.82, 2.24) is 5.32 Å². The van der Waals surface area contributed by atoms with Crippen molar-refractivity contribution < 1.29 is 24.2 Å². The number of carbonyl (C=O) groups is 2. The van der Waals surface area contributed by atoms with Crippen LogP contribution in [0.1, 0.15) is 38.5 Å². The molecule has 2 fully saturated rings. The van der Waals surface area contributed by atoms with Gasteiger partial charge in [-0.2, -0.15) is 0 Å². The number of nitrogens with one attached hydrogen (secondary N) is 1. The molecule has 1 saturated carbocycles. The second-order valence-electron chi connectivity index (χ2n) is 5.60. The Bertz CT molecular complexity index is 336. The van der Waals surface area contributed by atoms with E-state index in [4.69, 9.17) is 14.6 Å². The van der Waals surface area contributed by atoms with Crippen LogP contribution in [0.3, 0.4) is 0 Å². The van der Waals surface area contributed by atoms with E-state index in [1.165, 1.54) is 0 Å². The van der Waals surface area contributed by atoms with Gasteiger partial charge in [-0.3, -0.25) is 4.79 Å². The van der Waals surface area contributed by atoms with Gasteiger partial charge in [0.15, 0.2) is 0 Å². The van der Waals surface area contributed by atoms with Crippen LogP contribution in [-0.4, -0.2) is 48.9 Å². The van der Waals surface area contributed by atoms with Crippen molar-refractivity contribution in [3.8, 4) is 0 Å². The maximum atomic E-state index is 11.7. The van der Waals surface area contributed by atoms with E-state index >= 15 is 0 Å². The smallest absolute Gasteiger partial charge is 0.326 e. The molecule has 1 heterocycles. The maximum absolute atomic E-state index is 11.7. The largest absolute Gasteiger partial charge is 0.480 e. The zero-order valence-corrected chi connectivity index (χ0v) is 11.7. The molecule has 0 radical (unpaired) electrons. The Balaban J connectivity index is 1.56. The lowest BCUT2D eigenvalue weighted by molar-refractivity contribution is -0.142. The van der Waals surface area contributed by atoms with Crippen LogP contribution in [0.25, 0.3) is 0 Å². The molecule has 6 heteroatoms. The fourth-order valence-electron chi connectivity index (χ4n) is 2.33. The lowest BCUT2D eigenvalue weighted by atomic mass is 10.1. The van der Waals surface area contributed by atoms with Crippen molar-refractivity contribution in [2.45, 2.75) is 50.7 Å². The van der Waals surface area contributed by atoms with E-state index in [0.717, 1.165) is 32.3 Å². The van der Waals surface area contributed by atoms with Crippen molar-refractivity contribution in [1.29, 1.82) is 0 Å². The van der Waals surface area contributed by atoms with Crippen molar-refractivity contribution in [3.63, 3.8) is 0 Å². The van der Waals surface area contributed by atoms with Gasteiger partial charge in [0.25, 0.3) is 0 Å². The van der Waals surface area contributed by atoms with Gasteiger partial charge in [-0.1, -0.05) is 12.8 Å². The summed E-state index contributed by atoms with van der Waals surface area (Å²) >= 11 is 0. The van der Waals surface area contributed by atoms with E-state index in [-0.39, 0.29) is 18.4 Å². The third-order valence-electron chi connectivity index (χ3n) is 3.70. The highest BCUT2D eigenvalue weighted by Crippen LogP contribution is 2.33. The Morgan fingerprint density at radius 2 is 2.15 bits per heavy atom. The number of carboxylic acids is 1. The molecule has 2 atom stereocenters. The molecule has 2 unspecified atom stereocenters. The standard InChI is InChI=1S/C14H23NO5/c16-13(5-7-19-9-11-2-1-6-20-11)15-12(14(17)18)8-10-3-4-10/h10-12H,1-9H2,(H,15,16)(H,17,18). The molecule has 1 aliphatic heterocycles. The first-order chi connectivity index (χ1) is 9.65. The highest BCUT2D eigenvalue weighted by Gasteiger charge is 2.30. The Morgan fingerprint density at radius 1 is 1.35 bits per heavy atom. The van der Waals surface area contributed by atoms with Crippen LogP contribution in [0.15, 0.2) is 0 Å². The van der Waals surface area contributed by atoms with Gasteiger partial charge < -0.3 is 19.9 Å². The highest BCUT2D eigenvalue weighted by atomic mass is 16.5. The van der Waals surface area contributed by atoms with Gasteiger partial charge in [0, 0.05) is 13.0 Å². The molecule has 0 bridgehead atoms. The first-order valence-corrected chi connectivity index (χ1v) is 7.36. The zero-order chi connectivity index (χ0) is 14.4. The summed E-state index contributed by atoms with van der Waals surface area (Å²) in [5.74, 6) is -0.747. The molecular weight excluding hydrogens is 262 g/mol. The molecule has 1 amide bonds. The maximum Gasteiger partial charge on any atom is 0.326 e. The number of ether oxygens (including phenoxy) is 2. The lowest BCUT2D eigenvalue weighted by Gasteiger charge is -2.14.